The van der Waals surface area contributed by atoms with Gasteiger partial charge in [-0.2, -0.15) is 0 Å². The Morgan fingerprint density at radius 1 is 1.41 bits per heavy atom. The van der Waals surface area contributed by atoms with Gasteiger partial charge < -0.3 is 4.52 Å². The van der Waals surface area contributed by atoms with Crippen molar-refractivity contribution in [3.05, 3.63) is 22.0 Å². The molecule has 6 nitrogen and oxygen atoms in total. The van der Waals surface area contributed by atoms with Crippen molar-refractivity contribution in [3.8, 4) is 0 Å². The first-order chi connectivity index (χ1) is 8.11. The zero-order valence-electron chi connectivity index (χ0n) is 9.77. The van der Waals surface area contributed by atoms with Crippen LogP contribution < -0.4 is 5.32 Å². The molecule has 0 aliphatic rings. The first kappa shape index (κ1) is 11.7. The van der Waals surface area contributed by atoms with Crippen LogP contribution in [0, 0.1) is 13.8 Å². The van der Waals surface area contributed by atoms with E-state index in [2.05, 4.69) is 20.7 Å². The SMILES string of the molecule is CCc1noc(C)c1C(=O)Nc1nnc(C)s1. The Morgan fingerprint density at radius 3 is 2.76 bits per heavy atom. The molecule has 2 rings (SSSR count). The lowest BCUT2D eigenvalue weighted by molar-refractivity contribution is 0.102. The minimum absolute atomic E-state index is 0.253. The van der Waals surface area contributed by atoms with E-state index < -0.39 is 0 Å². The zero-order chi connectivity index (χ0) is 12.4. The van der Waals surface area contributed by atoms with Gasteiger partial charge in [0.1, 0.15) is 16.3 Å². The highest BCUT2D eigenvalue weighted by Crippen LogP contribution is 2.18. The zero-order valence-corrected chi connectivity index (χ0v) is 10.6. The summed E-state index contributed by atoms with van der Waals surface area (Å²) in [5, 5.41) is 15.5. The van der Waals surface area contributed by atoms with E-state index in [4.69, 9.17) is 4.52 Å². The van der Waals surface area contributed by atoms with Crippen LogP contribution in [-0.4, -0.2) is 21.3 Å². The molecule has 0 unspecified atom stereocenters. The average molecular weight is 252 g/mol. The summed E-state index contributed by atoms with van der Waals surface area (Å²) in [6.45, 7) is 5.46. The molecule has 90 valence electrons. The molecule has 17 heavy (non-hydrogen) atoms. The van der Waals surface area contributed by atoms with Gasteiger partial charge in [-0.3, -0.25) is 10.1 Å². The Balaban J connectivity index is 2.22. The third-order valence-corrected chi connectivity index (χ3v) is 3.00. The lowest BCUT2D eigenvalue weighted by Gasteiger charge is -2.00. The molecule has 1 N–H and O–H groups in total. The monoisotopic (exact) mass is 252 g/mol. The highest BCUT2D eigenvalue weighted by molar-refractivity contribution is 7.15. The second kappa shape index (κ2) is 4.62. The van der Waals surface area contributed by atoms with E-state index in [9.17, 15) is 4.79 Å². The fourth-order valence-electron chi connectivity index (χ4n) is 1.46. The molecule has 2 heterocycles. The van der Waals surface area contributed by atoms with Crippen molar-refractivity contribution < 1.29 is 9.32 Å². The molecule has 0 aliphatic carbocycles. The summed E-state index contributed by atoms with van der Waals surface area (Å²) in [6.07, 6.45) is 0.648. The smallest absolute Gasteiger partial charge is 0.263 e. The molecule has 0 aliphatic heterocycles. The van der Waals surface area contributed by atoms with Crippen LogP contribution in [0.4, 0.5) is 5.13 Å². The molecule has 2 aromatic rings. The van der Waals surface area contributed by atoms with Gasteiger partial charge in [-0.15, -0.1) is 10.2 Å². The van der Waals surface area contributed by atoms with E-state index in [-0.39, 0.29) is 5.91 Å². The van der Waals surface area contributed by atoms with E-state index in [1.807, 2.05) is 13.8 Å². The van der Waals surface area contributed by atoms with E-state index in [0.717, 1.165) is 5.01 Å². The molecule has 0 fully saturated rings. The fraction of sp³-hybridized carbons (Fsp3) is 0.400. The summed E-state index contributed by atoms with van der Waals surface area (Å²) in [4.78, 5) is 12.0. The number of anilines is 1. The van der Waals surface area contributed by atoms with Gasteiger partial charge in [0.2, 0.25) is 5.13 Å². The number of rotatable bonds is 3. The highest BCUT2D eigenvalue weighted by atomic mass is 32.1. The number of amides is 1. The summed E-state index contributed by atoms with van der Waals surface area (Å²) in [5.41, 5.74) is 1.14. The van der Waals surface area contributed by atoms with Gasteiger partial charge in [0.05, 0.1) is 5.69 Å². The van der Waals surface area contributed by atoms with Crippen LogP contribution in [-0.2, 0) is 6.42 Å². The Labute approximate surface area is 102 Å². The van der Waals surface area contributed by atoms with Crippen LogP contribution in [0.1, 0.15) is 33.7 Å². The van der Waals surface area contributed by atoms with Crippen molar-refractivity contribution in [1.29, 1.82) is 0 Å². The van der Waals surface area contributed by atoms with E-state index in [1.165, 1.54) is 11.3 Å². The lowest BCUT2D eigenvalue weighted by Crippen LogP contribution is -2.14. The molecule has 0 saturated carbocycles. The van der Waals surface area contributed by atoms with Gasteiger partial charge in [0, 0.05) is 0 Å². The third kappa shape index (κ3) is 2.33. The number of aryl methyl sites for hydroxylation is 3. The van der Waals surface area contributed by atoms with Gasteiger partial charge >= 0.3 is 0 Å². The number of nitrogens with zero attached hydrogens (tertiary/aromatic N) is 3. The van der Waals surface area contributed by atoms with E-state index >= 15 is 0 Å². The quantitative estimate of drug-likeness (QED) is 0.903. The second-order valence-corrected chi connectivity index (χ2v) is 4.68. The number of nitrogens with one attached hydrogen (secondary N) is 1. The predicted molar refractivity (Wildman–Crippen MR) is 63.2 cm³/mol. The minimum atomic E-state index is -0.253. The largest absolute Gasteiger partial charge is 0.361 e. The van der Waals surface area contributed by atoms with Gasteiger partial charge in [-0.25, -0.2) is 0 Å². The number of hydrogen-bond acceptors (Lipinski definition) is 6. The van der Waals surface area contributed by atoms with Crippen molar-refractivity contribution in [2.24, 2.45) is 0 Å². The Bertz CT molecular complexity index is 546. The van der Waals surface area contributed by atoms with Crippen LogP contribution in [0.15, 0.2) is 4.52 Å². The molecular weight excluding hydrogens is 240 g/mol. The maximum Gasteiger partial charge on any atom is 0.263 e. The average Bonchev–Trinajstić information content (AvgIpc) is 2.84. The molecule has 0 atom stereocenters. The number of carbonyl (C=O) groups is 1. The van der Waals surface area contributed by atoms with Crippen LogP contribution in [0.5, 0.6) is 0 Å². The molecule has 7 heteroatoms. The summed E-state index contributed by atoms with van der Waals surface area (Å²) < 4.78 is 5.01. The third-order valence-electron chi connectivity index (χ3n) is 2.24. The van der Waals surface area contributed by atoms with Gasteiger partial charge in [0.15, 0.2) is 0 Å². The van der Waals surface area contributed by atoms with Crippen LogP contribution in [0.25, 0.3) is 0 Å². The summed E-state index contributed by atoms with van der Waals surface area (Å²) in [7, 11) is 0. The lowest BCUT2D eigenvalue weighted by atomic mass is 10.1. The Kier molecular flexibility index (Phi) is 3.19. The van der Waals surface area contributed by atoms with Gasteiger partial charge in [-0.05, 0) is 20.3 Å². The Morgan fingerprint density at radius 2 is 2.18 bits per heavy atom. The van der Waals surface area contributed by atoms with Crippen molar-refractivity contribution in [2.45, 2.75) is 27.2 Å². The van der Waals surface area contributed by atoms with Gasteiger partial charge in [0.25, 0.3) is 5.91 Å². The van der Waals surface area contributed by atoms with Crippen molar-refractivity contribution in [2.75, 3.05) is 5.32 Å². The number of hydrogen-bond donors (Lipinski definition) is 1. The Hall–Kier alpha value is -1.76. The molecule has 1 amide bonds. The van der Waals surface area contributed by atoms with Crippen LogP contribution in [0.3, 0.4) is 0 Å². The minimum Gasteiger partial charge on any atom is -0.361 e. The van der Waals surface area contributed by atoms with Gasteiger partial charge in [-0.1, -0.05) is 23.4 Å². The highest BCUT2D eigenvalue weighted by Gasteiger charge is 2.20. The van der Waals surface area contributed by atoms with E-state index in [0.29, 0.717) is 28.6 Å². The number of carbonyl (C=O) groups excluding carboxylic acids is 1. The van der Waals surface area contributed by atoms with Crippen LogP contribution in [0.2, 0.25) is 0 Å². The maximum absolute atomic E-state index is 12.0. The first-order valence-corrected chi connectivity index (χ1v) is 6.00. The normalized spacial score (nSPS) is 10.5. The predicted octanol–water partition coefficient (Wildman–Crippen LogP) is 1.96. The summed E-state index contributed by atoms with van der Waals surface area (Å²) in [5.74, 6) is 0.261. The molecule has 0 aromatic carbocycles. The molecule has 2 aromatic heterocycles. The summed E-state index contributed by atoms with van der Waals surface area (Å²) >= 11 is 1.33. The van der Waals surface area contributed by atoms with Crippen molar-refractivity contribution >= 4 is 22.4 Å². The fourth-order valence-corrected chi connectivity index (χ4v) is 2.04. The molecular formula is C10H12N4O2S. The van der Waals surface area contributed by atoms with E-state index in [1.54, 1.807) is 6.92 Å². The molecule has 0 bridgehead atoms. The first-order valence-electron chi connectivity index (χ1n) is 5.18. The summed E-state index contributed by atoms with van der Waals surface area (Å²) in [6, 6.07) is 0. The molecule has 0 spiro atoms. The van der Waals surface area contributed by atoms with Crippen LogP contribution >= 0.6 is 11.3 Å². The maximum atomic E-state index is 12.0. The number of aromatic nitrogens is 3. The van der Waals surface area contributed by atoms with Crippen molar-refractivity contribution in [3.63, 3.8) is 0 Å². The van der Waals surface area contributed by atoms with Crippen molar-refractivity contribution in [1.82, 2.24) is 15.4 Å². The molecule has 0 radical (unpaired) electrons. The second-order valence-electron chi connectivity index (χ2n) is 3.49. The standard InChI is InChI=1S/C10H12N4O2S/c1-4-7-8(5(2)16-14-7)9(15)11-10-13-12-6(3)17-10/h4H2,1-3H3,(H,11,13,15). The molecule has 0 saturated heterocycles. The topological polar surface area (TPSA) is 80.9 Å².